The van der Waals surface area contributed by atoms with Gasteiger partial charge in [0, 0.05) is 6.42 Å². The lowest BCUT2D eigenvalue weighted by atomic mass is 10.1. The second-order valence-electron chi connectivity index (χ2n) is 3.78. The quantitative estimate of drug-likeness (QED) is 0.549. The third-order valence-corrected chi connectivity index (χ3v) is 2.66. The Morgan fingerprint density at radius 1 is 1.44 bits per heavy atom. The maximum atomic E-state index is 11.0. The monoisotopic (exact) mass is 275 g/mol. The maximum absolute atomic E-state index is 11.0. The topological polar surface area (TPSA) is 124 Å². The van der Waals surface area contributed by atoms with Crippen LogP contribution in [0.25, 0.3) is 0 Å². The molecule has 100 valence electrons. The number of anilines is 1. The van der Waals surface area contributed by atoms with E-state index >= 15 is 0 Å². The molecule has 0 aliphatic carbocycles. The van der Waals surface area contributed by atoms with Gasteiger partial charge in [0.15, 0.2) is 6.10 Å². The summed E-state index contributed by atoms with van der Waals surface area (Å²) < 4.78 is 24.1. The molecule has 18 heavy (non-hydrogen) atoms. The number of rotatable bonds is 5. The summed E-state index contributed by atoms with van der Waals surface area (Å²) in [7, 11) is -3.55. The van der Waals surface area contributed by atoms with Crippen LogP contribution in [0.5, 0.6) is 5.75 Å². The molecule has 8 heteroatoms. The number of phenols is 1. The van der Waals surface area contributed by atoms with Crippen molar-refractivity contribution in [2.45, 2.75) is 12.5 Å². The molecule has 1 unspecified atom stereocenters. The fourth-order valence-electron chi connectivity index (χ4n) is 1.30. The molecule has 4 N–H and O–H groups in total. The molecule has 0 amide bonds. The Bertz CT molecular complexity index is 553. The number of benzene rings is 1. The van der Waals surface area contributed by atoms with Crippen LogP contribution in [-0.2, 0) is 21.2 Å². The summed E-state index contributed by atoms with van der Waals surface area (Å²) in [4.78, 5) is 10.5. The van der Waals surface area contributed by atoms with E-state index in [1.807, 2.05) is 0 Å². The Morgan fingerprint density at radius 3 is 2.56 bits per heavy atom. The summed E-state index contributed by atoms with van der Waals surface area (Å²) in [5, 5.41) is 27.2. The van der Waals surface area contributed by atoms with Crippen molar-refractivity contribution in [2.24, 2.45) is 0 Å². The van der Waals surface area contributed by atoms with Gasteiger partial charge in [-0.2, -0.15) is 0 Å². The first-order chi connectivity index (χ1) is 8.19. The van der Waals surface area contributed by atoms with E-state index in [-0.39, 0.29) is 17.9 Å². The van der Waals surface area contributed by atoms with Gasteiger partial charge in [-0.1, -0.05) is 6.07 Å². The number of carboxylic acids is 1. The van der Waals surface area contributed by atoms with Crippen molar-refractivity contribution in [1.29, 1.82) is 0 Å². The van der Waals surface area contributed by atoms with Gasteiger partial charge in [-0.15, -0.1) is 0 Å². The van der Waals surface area contributed by atoms with E-state index in [1.54, 1.807) is 0 Å². The van der Waals surface area contributed by atoms with Crippen LogP contribution in [0.4, 0.5) is 5.69 Å². The number of sulfonamides is 1. The zero-order chi connectivity index (χ0) is 13.9. The Balaban J connectivity index is 2.97. The number of nitrogens with one attached hydrogen (secondary N) is 1. The number of aliphatic carboxylic acids is 1. The highest BCUT2D eigenvalue weighted by Crippen LogP contribution is 2.25. The van der Waals surface area contributed by atoms with E-state index in [0.717, 1.165) is 6.26 Å². The zero-order valence-corrected chi connectivity index (χ0v) is 10.3. The molecule has 0 saturated heterocycles. The van der Waals surface area contributed by atoms with Crippen LogP contribution in [0.15, 0.2) is 18.2 Å². The first-order valence-electron chi connectivity index (χ1n) is 4.89. The first-order valence-corrected chi connectivity index (χ1v) is 6.79. The minimum atomic E-state index is -3.55. The molecule has 0 spiro atoms. The third-order valence-electron chi connectivity index (χ3n) is 2.07. The molecule has 1 atom stereocenters. The fraction of sp³-hybridized carbons (Fsp3) is 0.300. The summed E-state index contributed by atoms with van der Waals surface area (Å²) in [6, 6.07) is 3.88. The van der Waals surface area contributed by atoms with Crippen LogP contribution in [0.3, 0.4) is 0 Å². The lowest BCUT2D eigenvalue weighted by Gasteiger charge is -2.10. The minimum absolute atomic E-state index is 0.0624. The van der Waals surface area contributed by atoms with Crippen molar-refractivity contribution in [3.05, 3.63) is 23.8 Å². The van der Waals surface area contributed by atoms with Crippen molar-refractivity contribution >= 4 is 21.7 Å². The van der Waals surface area contributed by atoms with Crippen LogP contribution in [-0.4, -0.2) is 42.1 Å². The molecule has 0 radical (unpaired) electrons. The van der Waals surface area contributed by atoms with Gasteiger partial charge in [-0.05, 0) is 17.7 Å². The summed E-state index contributed by atoms with van der Waals surface area (Å²) in [5.41, 5.74) is 0.321. The molecule has 0 aromatic heterocycles. The third kappa shape index (κ3) is 4.22. The van der Waals surface area contributed by atoms with E-state index in [4.69, 9.17) is 5.11 Å². The van der Waals surface area contributed by atoms with E-state index in [1.165, 1.54) is 18.2 Å². The van der Waals surface area contributed by atoms with Gasteiger partial charge in [-0.25, -0.2) is 13.2 Å². The van der Waals surface area contributed by atoms with Gasteiger partial charge < -0.3 is 15.3 Å². The number of aliphatic hydroxyl groups excluding tert-OH is 1. The number of hydrogen-bond donors (Lipinski definition) is 4. The van der Waals surface area contributed by atoms with E-state index in [2.05, 4.69) is 4.72 Å². The Labute approximate surface area is 104 Å². The van der Waals surface area contributed by atoms with Gasteiger partial charge in [0.1, 0.15) is 5.75 Å². The Hall–Kier alpha value is -1.80. The largest absolute Gasteiger partial charge is 0.506 e. The average Bonchev–Trinajstić information content (AvgIpc) is 2.20. The molecule has 0 bridgehead atoms. The maximum Gasteiger partial charge on any atom is 0.332 e. The molecule has 1 aromatic carbocycles. The van der Waals surface area contributed by atoms with Gasteiger partial charge in [-0.3, -0.25) is 4.72 Å². The van der Waals surface area contributed by atoms with Crippen molar-refractivity contribution in [1.82, 2.24) is 0 Å². The smallest absolute Gasteiger partial charge is 0.332 e. The molecular weight excluding hydrogens is 262 g/mol. The van der Waals surface area contributed by atoms with Crippen LogP contribution in [0.1, 0.15) is 5.56 Å². The Kier molecular flexibility index (Phi) is 4.15. The number of carboxylic acid groups (broad SMARTS) is 1. The average molecular weight is 275 g/mol. The molecular formula is C10H13NO6S. The summed E-state index contributed by atoms with van der Waals surface area (Å²) >= 11 is 0. The second kappa shape index (κ2) is 5.23. The standard InChI is InChI=1S/C10H13NO6S/c1-18(16,17)11-7-4-6(2-3-8(7)12)5-9(13)10(14)15/h2-4,9,11-13H,5H2,1H3,(H,14,15). The number of aromatic hydroxyl groups is 1. The lowest BCUT2D eigenvalue weighted by Crippen LogP contribution is -2.22. The van der Waals surface area contributed by atoms with Crippen LogP contribution < -0.4 is 4.72 Å². The predicted molar refractivity (Wildman–Crippen MR) is 63.9 cm³/mol. The van der Waals surface area contributed by atoms with Crippen molar-refractivity contribution in [2.75, 3.05) is 11.0 Å². The molecule has 0 aliphatic heterocycles. The highest BCUT2D eigenvalue weighted by Gasteiger charge is 2.15. The van der Waals surface area contributed by atoms with Crippen LogP contribution in [0, 0.1) is 0 Å². The SMILES string of the molecule is CS(=O)(=O)Nc1cc(CC(O)C(=O)O)ccc1O. The predicted octanol–water partition coefficient (Wildman–Crippen LogP) is -0.248. The fourth-order valence-corrected chi connectivity index (χ4v) is 1.87. The minimum Gasteiger partial charge on any atom is -0.506 e. The molecule has 0 saturated carbocycles. The summed E-state index contributed by atoms with van der Waals surface area (Å²) in [5.74, 6) is -1.66. The van der Waals surface area contributed by atoms with E-state index < -0.39 is 22.1 Å². The molecule has 1 rings (SSSR count). The number of phenolic OH excluding ortho intramolecular Hbond substituents is 1. The summed E-state index contributed by atoms with van der Waals surface area (Å²) in [6.07, 6.45) is -0.847. The van der Waals surface area contributed by atoms with Gasteiger partial charge in [0.2, 0.25) is 10.0 Å². The van der Waals surface area contributed by atoms with E-state index in [0.29, 0.717) is 5.56 Å². The Morgan fingerprint density at radius 2 is 2.06 bits per heavy atom. The molecule has 0 heterocycles. The molecule has 7 nitrogen and oxygen atoms in total. The zero-order valence-electron chi connectivity index (χ0n) is 9.49. The van der Waals surface area contributed by atoms with Crippen molar-refractivity contribution in [3.8, 4) is 5.75 Å². The molecule has 1 aromatic rings. The molecule has 0 fully saturated rings. The van der Waals surface area contributed by atoms with Gasteiger partial charge >= 0.3 is 5.97 Å². The second-order valence-corrected chi connectivity index (χ2v) is 5.53. The van der Waals surface area contributed by atoms with Crippen LogP contribution in [0.2, 0.25) is 0 Å². The van der Waals surface area contributed by atoms with Crippen molar-refractivity contribution < 1.29 is 28.5 Å². The van der Waals surface area contributed by atoms with Gasteiger partial charge in [0.05, 0.1) is 11.9 Å². The summed E-state index contributed by atoms with van der Waals surface area (Å²) in [6.45, 7) is 0. The van der Waals surface area contributed by atoms with Gasteiger partial charge in [0.25, 0.3) is 0 Å². The van der Waals surface area contributed by atoms with E-state index in [9.17, 15) is 23.4 Å². The first kappa shape index (κ1) is 14.3. The van der Waals surface area contributed by atoms with Crippen LogP contribution >= 0.6 is 0 Å². The number of hydrogen-bond acceptors (Lipinski definition) is 5. The number of aliphatic hydroxyl groups is 1. The number of carbonyl (C=O) groups is 1. The molecule has 0 aliphatic rings. The van der Waals surface area contributed by atoms with Crippen molar-refractivity contribution in [3.63, 3.8) is 0 Å². The highest BCUT2D eigenvalue weighted by molar-refractivity contribution is 7.92. The highest BCUT2D eigenvalue weighted by atomic mass is 32.2. The lowest BCUT2D eigenvalue weighted by molar-refractivity contribution is -0.146. The normalized spacial score (nSPS) is 13.0.